The van der Waals surface area contributed by atoms with Crippen molar-refractivity contribution in [2.24, 2.45) is 0 Å². The third kappa shape index (κ3) is 3.85. The Kier molecular flexibility index (Phi) is 5.16. The Labute approximate surface area is 136 Å². The van der Waals surface area contributed by atoms with Crippen molar-refractivity contribution in [1.29, 1.82) is 0 Å². The van der Waals surface area contributed by atoms with E-state index in [4.69, 9.17) is 4.74 Å². The molecule has 114 valence electrons. The Bertz CT molecular complexity index is 701. The summed E-state index contributed by atoms with van der Waals surface area (Å²) >= 11 is 3.24. The predicted octanol–water partition coefficient (Wildman–Crippen LogP) is 4.20. The van der Waals surface area contributed by atoms with Gasteiger partial charge in [0.15, 0.2) is 0 Å². The van der Waals surface area contributed by atoms with E-state index in [0.717, 1.165) is 5.56 Å². The van der Waals surface area contributed by atoms with Crippen LogP contribution in [0.2, 0.25) is 0 Å². The topological polar surface area (TPSA) is 75.6 Å². The number of carboxylic acid groups (broad SMARTS) is 1. The summed E-state index contributed by atoms with van der Waals surface area (Å²) in [6, 6.07) is 12.6. The number of aromatic carboxylic acids is 1. The Morgan fingerprint density at radius 1 is 1.18 bits per heavy atom. The molecule has 22 heavy (non-hydrogen) atoms. The van der Waals surface area contributed by atoms with Crippen molar-refractivity contribution in [3.05, 3.63) is 63.6 Å². The van der Waals surface area contributed by atoms with Crippen molar-refractivity contribution >= 4 is 33.7 Å². The number of carboxylic acids is 1. The number of benzene rings is 2. The molecule has 0 radical (unpaired) electrons. The third-order valence-corrected chi connectivity index (χ3v) is 3.68. The first kappa shape index (κ1) is 16.0. The number of aryl methyl sites for hydroxylation is 1. The van der Waals surface area contributed by atoms with Crippen LogP contribution in [-0.4, -0.2) is 17.2 Å². The van der Waals surface area contributed by atoms with Gasteiger partial charge < -0.3 is 9.84 Å². The van der Waals surface area contributed by atoms with Gasteiger partial charge in [-0.3, -0.25) is 5.32 Å². The molecule has 2 rings (SSSR count). The summed E-state index contributed by atoms with van der Waals surface area (Å²) in [5, 5.41) is 11.8. The highest BCUT2D eigenvalue weighted by atomic mass is 79.9. The minimum Gasteiger partial charge on any atom is -0.478 e. The van der Waals surface area contributed by atoms with E-state index in [0.29, 0.717) is 10.0 Å². The maximum absolute atomic E-state index is 11.9. The number of carbonyl (C=O) groups is 2. The van der Waals surface area contributed by atoms with Gasteiger partial charge >= 0.3 is 12.1 Å². The summed E-state index contributed by atoms with van der Waals surface area (Å²) in [7, 11) is 0. The van der Waals surface area contributed by atoms with E-state index >= 15 is 0 Å². The minimum atomic E-state index is -1.11. The average Bonchev–Trinajstić information content (AvgIpc) is 2.49. The van der Waals surface area contributed by atoms with Crippen LogP contribution in [-0.2, 0) is 11.3 Å². The van der Waals surface area contributed by atoms with Crippen molar-refractivity contribution in [3.8, 4) is 0 Å². The number of carbonyl (C=O) groups excluding carboxylic acids is 1. The predicted molar refractivity (Wildman–Crippen MR) is 86.1 cm³/mol. The normalized spacial score (nSPS) is 10.1. The third-order valence-electron chi connectivity index (χ3n) is 3.02. The molecule has 0 heterocycles. The summed E-state index contributed by atoms with van der Waals surface area (Å²) < 4.78 is 5.58. The van der Waals surface area contributed by atoms with E-state index in [1.165, 1.54) is 0 Å². The summed E-state index contributed by atoms with van der Waals surface area (Å²) in [6.07, 6.45) is -0.711. The maximum Gasteiger partial charge on any atom is 0.412 e. The molecule has 0 atom stereocenters. The van der Waals surface area contributed by atoms with Crippen molar-refractivity contribution < 1.29 is 19.4 Å². The number of hydrogen-bond donors (Lipinski definition) is 2. The van der Waals surface area contributed by atoms with Gasteiger partial charge in [-0.25, -0.2) is 9.59 Å². The quantitative estimate of drug-likeness (QED) is 0.853. The van der Waals surface area contributed by atoms with Crippen molar-refractivity contribution in [2.45, 2.75) is 13.5 Å². The zero-order chi connectivity index (χ0) is 16.1. The van der Waals surface area contributed by atoms with Crippen LogP contribution in [0.15, 0.2) is 46.9 Å². The lowest BCUT2D eigenvalue weighted by molar-refractivity contribution is 0.0697. The highest BCUT2D eigenvalue weighted by molar-refractivity contribution is 9.10. The molecule has 1 amide bonds. The summed E-state index contributed by atoms with van der Waals surface area (Å²) in [4.78, 5) is 23.2. The molecule has 0 aliphatic heterocycles. The van der Waals surface area contributed by atoms with Crippen LogP contribution < -0.4 is 5.32 Å². The SMILES string of the molecule is Cc1ccc(Br)c(NC(=O)OCc2ccccc2)c1C(=O)O. The number of rotatable bonds is 4. The van der Waals surface area contributed by atoms with Gasteiger partial charge in [-0.1, -0.05) is 36.4 Å². The maximum atomic E-state index is 11.9. The molecule has 6 heteroatoms. The summed E-state index contributed by atoms with van der Waals surface area (Å²) in [5.41, 5.74) is 1.62. The molecule has 0 aromatic heterocycles. The Morgan fingerprint density at radius 2 is 1.86 bits per heavy atom. The Balaban J connectivity index is 2.12. The van der Waals surface area contributed by atoms with Crippen molar-refractivity contribution in [2.75, 3.05) is 5.32 Å². The number of ether oxygens (including phenoxy) is 1. The van der Waals surface area contributed by atoms with Crippen molar-refractivity contribution in [3.63, 3.8) is 0 Å². The monoisotopic (exact) mass is 363 g/mol. The molecule has 0 spiro atoms. The minimum absolute atomic E-state index is 0.0334. The Hall–Kier alpha value is -2.34. The molecular formula is C16H14BrNO4. The highest BCUT2D eigenvalue weighted by Crippen LogP contribution is 2.29. The average molecular weight is 364 g/mol. The van der Waals surface area contributed by atoms with E-state index in [2.05, 4.69) is 21.2 Å². The number of anilines is 1. The largest absolute Gasteiger partial charge is 0.478 e. The molecule has 0 saturated heterocycles. The van der Waals surface area contributed by atoms with Crippen molar-refractivity contribution in [1.82, 2.24) is 0 Å². The van der Waals surface area contributed by atoms with Crippen LogP contribution in [0.1, 0.15) is 21.5 Å². The smallest absolute Gasteiger partial charge is 0.412 e. The second-order valence-corrected chi connectivity index (χ2v) is 5.46. The molecule has 2 aromatic carbocycles. The van der Waals surface area contributed by atoms with E-state index in [9.17, 15) is 14.7 Å². The lowest BCUT2D eigenvalue weighted by Crippen LogP contribution is -2.17. The van der Waals surface area contributed by atoms with Gasteiger partial charge in [-0.15, -0.1) is 0 Å². The molecule has 2 aromatic rings. The van der Waals surface area contributed by atoms with E-state index < -0.39 is 12.1 Å². The van der Waals surface area contributed by atoms with Crippen LogP contribution in [0.4, 0.5) is 10.5 Å². The molecule has 0 unspecified atom stereocenters. The fourth-order valence-electron chi connectivity index (χ4n) is 1.94. The number of hydrogen-bond acceptors (Lipinski definition) is 3. The second-order valence-electron chi connectivity index (χ2n) is 4.61. The van der Waals surface area contributed by atoms with E-state index in [-0.39, 0.29) is 17.9 Å². The molecule has 2 N–H and O–H groups in total. The fourth-order valence-corrected chi connectivity index (χ4v) is 2.37. The van der Waals surface area contributed by atoms with E-state index in [1.54, 1.807) is 19.1 Å². The van der Waals surface area contributed by atoms with Gasteiger partial charge in [0, 0.05) is 4.47 Å². The van der Waals surface area contributed by atoms with Crippen LogP contribution in [0.5, 0.6) is 0 Å². The van der Waals surface area contributed by atoms with Gasteiger partial charge in [-0.2, -0.15) is 0 Å². The first-order chi connectivity index (χ1) is 10.5. The molecule has 5 nitrogen and oxygen atoms in total. The first-order valence-corrected chi connectivity index (χ1v) is 7.28. The molecule has 0 saturated carbocycles. The molecule has 0 fully saturated rings. The van der Waals surface area contributed by atoms with Crippen LogP contribution in [0.3, 0.4) is 0 Å². The second kappa shape index (κ2) is 7.09. The lowest BCUT2D eigenvalue weighted by Gasteiger charge is -2.13. The van der Waals surface area contributed by atoms with Crippen LogP contribution >= 0.6 is 15.9 Å². The van der Waals surface area contributed by atoms with Gasteiger partial charge in [0.2, 0.25) is 0 Å². The van der Waals surface area contributed by atoms with Crippen LogP contribution in [0.25, 0.3) is 0 Å². The fraction of sp³-hybridized carbons (Fsp3) is 0.125. The molecule has 0 aliphatic carbocycles. The van der Waals surface area contributed by atoms with Gasteiger partial charge in [0.25, 0.3) is 0 Å². The molecule has 0 aliphatic rings. The summed E-state index contributed by atoms with van der Waals surface area (Å²) in [5.74, 6) is -1.11. The zero-order valence-corrected chi connectivity index (χ0v) is 13.4. The van der Waals surface area contributed by atoms with Gasteiger partial charge in [-0.05, 0) is 40.0 Å². The lowest BCUT2D eigenvalue weighted by atomic mass is 10.1. The molecule has 0 bridgehead atoms. The number of amides is 1. The summed E-state index contributed by atoms with van der Waals surface area (Å²) in [6.45, 7) is 1.77. The first-order valence-electron chi connectivity index (χ1n) is 6.49. The molecular weight excluding hydrogens is 350 g/mol. The van der Waals surface area contributed by atoms with Gasteiger partial charge in [0.1, 0.15) is 6.61 Å². The standard InChI is InChI=1S/C16H14BrNO4/c1-10-7-8-12(17)14(13(10)15(19)20)18-16(21)22-9-11-5-3-2-4-6-11/h2-8H,9H2,1H3,(H,18,21)(H,19,20). The number of halogens is 1. The highest BCUT2D eigenvalue weighted by Gasteiger charge is 2.18. The van der Waals surface area contributed by atoms with Gasteiger partial charge in [0.05, 0.1) is 11.3 Å². The Morgan fingerprint density at radius 3 is 2.50 bits per heavy atom. The number of nitrogens with one attached hydrogen (secondary N) is 1. The van der Waals surface area contributed by atoms with E-state index in [1.807, 2.05) is 30.3 Å². The van der Waals surface area contributed by atoms with Crippen LogP contribution in [0, 0.1) is 6.92 Å². The zero-order valence-electron chi connectivity index (χ0n) is 11.8.